The number of carbonyl (C=O) groups is 1. The Balaban J connectivity index is 2.54. The maximum Gasteiger partial charge on any atom is 0.357 e. The lowest BCUT2D eigenvalue weighted by molar-refractivity contribution is 0.0519. The molecular formula is C8H8N4O3. The molecule has 78 valence electrons. The molecule has 0 radical (unpaired) electrons. The number of hydrogen-bond donors (Lipinski definition) is 1. The largest absolute Gasteiger partial charge is 0.461 e. The average Bonchev–Trinajstić information content (AvgIpc) is 2.66. The summed E-state index contributed by atoms with van der Waals surface area (Å²) in [6.07, 6.45) is 1.29. The Kier molecular flexibility index (Phi) is 2.20. The van der Waals surface area contributed by atoms with Gasteiger partial charge < -0.3 is 4.74 Å². The minimum Gasteiger partial charge on any atom is -0.461 e. The predicted octanol–water partition coefficient (Wildman–Crippen LogP) is -0.406. The first kappa shape index (κ1) is 9.38. The van der Waals surface area contributed by atoms with Crippen LogP contribution in [0.15, 0.2) is 17.2 Å². The van der Waals surface area contributed by atoms with Crippen LogP contribution in [0.25, 0.3) is 5.78 Å². The highest BCUT2D eigenvalue weighted by molar-refractivity contribution is 5.87. The van der Waals surface area contributed by atoms with E-state index in [1.807, 2.05) is 0 Å². The van der Waals surface area contributed by atoms with E-state index in [2.05, 4.69) is 15.2 Å². The molecule has 2 rings (SSSR count). The van der Waals surface area contributed by atoms with Crippen LogP contribution in [-0.2, 0) is 4.74 Å². The molecule has 0 spiro atoms. The second-order valence-electron chi connectivity index (χ2n) is 2.75. The Hall–Kier alpha value is -2.18. The summed E-state index contributed by atoms with van der Waals surface area (Å²) in [5.41, 5.74) is -0.400. The van der Waals surface area contributed by atoms with Gasteiger partial charge in [-0.3, -0.25) is 4.79 Å². The molecule has 2 aromatic rings. The Bertz CT molecular complexity index is 556. The summed E-state index contributed by atoms with van der Waals surface area (Å²) >= 11 is 0. The third-order valence-electron chi connectivity index (χ3n) is 1.77. The van der Waals surface area contributed by atoms with Crippen LogP contribution in [0.1, 0.15) is 17.4 Å². The summed E-state index contributed by atoms with van der Waals surface area (Å²) in [4.78, 5) is 26.6. The molecule has 0 unspecified atom stereocenters. The minimum atomic E-state index is -0.619. The molecule has 0 aliphatic rings. The van der Waals surface area contributed by atoms with E-state index in [0.29, 0.717) is 0 Å². The number of rotatable bonds is 2. The number of hydrogen-bond acceptors (Lipinski definition) is 5. The van der Waals surface area contributed by atoms with Crippen LogP contribution in [0.5, 0.6) is 0 Å². The van der Waals surface area contributed by atoms with Gasteiger partial charge in [-0.25, -0.2) is 19.3 Å². The van der Waals surface area contributed by atoms with Crippen LogP contribution in [0.3, 0.4) is 0 Å². The van der Waals surface area contributed by atoms with Crippen molar-refractivity contribution < 1.29 is 9.53 Å². The number of nitrogens with zero attached hydrogens (tertiary/aromatic N) is 3. The molecule has 0 atom stereocenters. The smallest absolute Gasteiger partial charge is 0.357 e. The predicted molar refractivity (Wildman–Crippen MR) is 49.6 cm³/mol. The molecule has 15 heavy (non-hydrogen) atoms. The van der Waals surface area contributed by atoms with Crippen molar-refractivity contribution in [2.75, 3.05) is 6.61 Å². The third-order valence-corrected chi connectivity index (χ3v) is 1.77. The third kappa shape index (κ3) is 1.58. The second kappa shape index (κ2) is 3.52. The fourth-order valence-corrected chi connectivity index (χ4v) is 1.14. The van der Waals surface area contributed by atoms with E-state index >= 15 is 0 Å². The fourth-order valence-electron chi connectivity index (χ4n) is 1.14. The number of aromatic amines is 1. The summed E-state index contributed by atoms with van der Waals surface area (Å²) in [6.45, 7) is 1.92. The molecule has 0 saturated carbocycles. The van der Waals surface area contributed by atoms with Crippen molar-refractivity contribution in [3.8, 4) is 0 Å². The number of nitrogens with one attached hydrogen (secondary N) is 1. The second-order valence-corrected chi connectivity index (χ2v) is 2.75. The standard InChI is InChI=1S/C8H8N4O3/c1-2-15-7(14)5-3-6(13)12-4-9-11-8(12)10-5/h3-4H,2H2,1H3,(H,10,11). The van der Waals surface area contributed by atoms with Crippen molar-refractivity contribution in [1.82, 2.24) is 19.6 Å². The van der Waals surface area contributed by atoms with Crippen molar-refractivity contribution in [3.05, 3.63) is 28.4 Å². The molecule has 0 saturated heterocycles. The van der Waals surface area contributed by atoms with E-state index in [1.165, 1.54) is 10.7 Å². The summed E-state index contributed by atoms with van der Waals surface area (Å²) in [5.74, 6) is -0.405. The number of H-pyrrole nitrogens is 1. The summed E-state index contributed by atoms with van der Waals surface area (Å²) in [5, 5.41) is 6.12. The molecule has 7 nitrogen and oxygen atoms in total. The normalized spacial score (nSPS) is 10.5. The summed E-state index contributed by atoms with van der Waals surface area (Å²) < 4.78 is 5.92. The van der Waals surface area contributed by atoms with E-state index in [1.54, 1.807) is 6.92 Å². The van der Waals surface area contributed by atoms with Gasteiger partial charge in [0.2, 0.25) is 5.78 Å². The quantitative estimate of drug-likeness (QED) is 0.678. The first-order valence-electron chi connectivity index (χ1n) is 4.32. The lowest BCUT2D eigenvalue weighted by Crippen LogP contribution is -2.17. The van der Waals surface area contributed by atoms with E-state index in [9.17, 15) is 9.59 Å². The zero-order valence-corrected chi connectivity index (χ0v) is 7.93. The van der Waals surface area contributed by atoms with Gasteiger partial charge in [-0.1, -0.05) is 0 Å². The Labute approximate surface area is 83.7 Å². The number of ether oxygens (including phenoxy) is 1. The molecule has 0 bridgehead atoms. The molecule has 2 heterocycles. The van der Waals surface area contributed by atoms with Gasteiger partial charge in [-0.05, 0) is 6.92 Å². The molecule has 0 fully saturated rings. The van der Waals surface area contributed by atoms with Crippen molar-refractivity contribution in [1.29, 1.82) is 0 Å². The molecule has 0 amide bonds. The van der Waals surface area contributed by atoms with Gasteiger partial charge in [0, 0.05) is 6.07 Å². The van der Waals surface area contributed by atoms with E-state index in [-0.39, 0.29) is 23.6 Å². The molecule has 1 N–H and O–H groups in total. The fraction of sp³-hybridized carbons (Fsp3) is 0.250. The van der Waals surface area contributed by atoms with Crippen LogP contribution in [-0.4, -0.2) is 32.2 Å². The maximum atomic E-state index is 11.4. The number of esters is 1. The lowest BCUT2D eigenvalue weighted by Gasteiger charge is -1.99. The summed E-state index contributed by atoms with van der Waals surface area (Å²) in [6, 6.07) is 1.11. The van der Waals surface area contributed by atoms with E-state index < -0.39 is 5.97 Å². The van der Waals surface area contributed by atoms with Crippen LogP contribution in [0.2, 0.25) is 0 Å². The molecule has 0 aliphatic carbocycles. The van der Waals surface area contributed by atoms with Gasteiger partial charge in [-0.2, -0.15) is 5.10 Å². The Morgan fingerprint density at radius 1 is 1.67 bits per heavy atom. The molecule has 7 heteroatoms. The molecule has 0 aliphatic heterocycles. The topological polar surface area (TPSA) is 89.4 Å². The zero-order valence-electron chi connectivity index (χ0n) is 7.93. The first-order chi connectivity index (χ1) is 7.22. The zero-order chi connectivity index (χ0) is 10.8. The lowest BCUT2D eigenvalue weighted by atomic mass is 10.4. The molecule has 0 aromatic carbocycles. The highest BCUT2D eigenvalue weighted by Gasteiger charge is 2.11. The Morgan fingerprint density at radius 2 is 2.47 bits per heavy atom. The summed E-state index contributed by atoms with van der Waals surface area (Å²) in [7, 11) is 0. The first-order valence-corrected chi connectivity index (χ1v) is 4.32. The molecule has 2 aromatic heterocycles. The van der Waals surface area contributed by atoms with Crippen LogP contribution in [0.4, 0.5) is 0 Å². The van der Waals surface area contributed by atoms with Gasteiger partial charge in [0.15, 0.2) is 5.69 Å². The van der Waals surface area contributed by atoms with Gasteiger partial charge >= 0.3 is 5.97 Å². The maximum absolute atomic E-state index is 11.4. The van der Waals surface area contributed by atoms with Gasteiger partial charge in [0.1, 0.15) is 6.33 Å². The van der Waals surface area contributed by atoms with Gasteiger partial charge in [-0.15, -0.1) is 0 Å². The molecular weight excluding hydrogens is 200 g/mol. The highest BCUT2D eigenvalue weighted by Crippen LogP contribution is 1.97. The average molecular weight is 208 g/mol. The van der Waals surface area contributed by atoms with Crippen molar-refractivity contribution in [2.45, 2.75) is 6.92 Å². The van der Waals surface area contributed by atoms with Gasteiger partial charge in [0.05, 0.1) is 6.61 Å². The van der Waals surface area contributed by atoms with Crippen LogP contribution in [0, 0.1) is 0 Å². The SMILES string of the molecule is CCOC(=O)c1cc(=O)n2cn[nH]c2n1. The number of fused-ring (bicyclic) bond motifs is 1. The highest BCUT2D eigenvalue weighted by atomic mass is 16.5. The van der Waals surface area contributed by atoms with Crippen molar-refractivity contribution >= 4 is 11.7 Å². The minimum absolute atomic E-state index is 0.0221. The van der Waals surface area contributed by atoms with Crippen LogP contribution < -0.4 is 5.56 Å². The van der Waals surface area contributed by atoms with E-state index in [4.69, 9.17) is 4.74 Å². The van der Waals surface area contributed by atoms with E-state index in [0.717, 1.165) is 6.07 Å². The van der Waals surface area contributed by atoms with Crippen molar-refractivity contribution in [2.24, 2.45) is 0 Å². The number of carbonyl (C=O) groups excluding carboxylic acids is 1. The van der Waals surface area contributed by atoms with Gasteiger partial charge in [0.25, 0.3) is 5.56 Å². The number of aromatic nitrogens is 4. The monoisotopic (exact) mass is 208 g/mol. The Morgan fingerprint density at radius 3 is 3.20 bits per heavy atom. The van der Waals surface area contributed by atoms with Crippen LogP contribution >= 0.6 is 0 Å². The van der Waals surface area contributed by atoms with Crippen molar-refractivity contribution in [3.63, 3.8) is 0 Å².